The number of ether oxygens (including phenoxy) is 1. The average molecular weight is 340 g/mol. The van der Waals surface area contributed by atoms with Crippen molar-refractivity contribution < 1.29 is 9.53 Å². The number of nitrogens with zero attached hydrogens (tertiary/aromatic N) is 3. The summed E-state index contributed by atoms with van der Waals surface area (Å²) in [5.41, 5.74) is 1.22. The molecule has 3 rings (SSSR count). The molecule has 25 heavy (non-hydrogen) atoms. The maximum absolute atomic E-state index is 12.0. The molecule has 1 N–H and O–H groups in total. The fraction of sp³-hybridized carbons (Fsp3) is 0.474. The van der Waals surface area contributed by atoms with Gasteiger partial charge in [-0.05, 0) is 33.3 Å². The molecule has 1 saturated heterocycles. The zero-order valence-electron chi connectivity index (χ0n) is 15.2. The van der Waals surface area contributed by atoms with E-state index >= 15 is 0 Å². The van der Waals surface area contributed by atoms with Crippen molar-refractivity contribution in [1.29, 1.82) is 5.26 Å². The molecule has 1 aliphatic rings. The maximum atomic E-state index is 12.0. The molecule has 1 aromatic carbocycles. The Bertz CT molecular complexity index is 841. The summed E-state index contributed by atoms with van der Waals surface area (Å²) in [5, 5.41) is 13.5. The van der Waals surface area contributed by atoms with Crippen LogP contribution in [0.4, 0.5) is 10.6 Å². The molecule has 6 nitrogen and oxygen atoms in total. The third-order valence-electron chi connectivity index (χ3n) is 4.40. The molecule has 0 saturated carbocycles. The van der Waals surface area contributed by atoms with Crippen molar-refractivity contribution in [1.82, 2.24) is 9.88 Å². The number of carbonyl (C=O) groups is 1. The average Bonchev–Trinajstić information content (AvgIpc) is 3.08. The van der Waals surface area contributed by atoms with Gasteiger partial charge in [0.15, 0.2) is 0 Å². The maximum Gasteiger partial charge on any atom is 0.407 e. The Morgan fingerprint density at radius 1 is 1.36 bits per heavy atom. The lowest BCUT2D eigenvalue weighted by Crippen LogP contribution is -2.40. The number of aryl methyl sites for hydroxylation is 1. The summed E-state index contributed by atoms with van der Waals surface area (Å²) in [5.74, 6) is 0.914. The first-order valence-electron chi connectivity index (χ1n) is 8.52. The molecule has 0 bridgehead atoms. The van der Waals surface area contributed by atoms with Crippen LogP contribution in [0.15, 0.2) is 24.3 Å². The van der Waals surface area contributed by atoms with Gasteiger partial charge in [0.25, 0.3) is 0 Å². The first-order chi connectivity index (χ1) is 11.8. The molecule has 0 aliphatic carbocycles. The van der Waals surface area contributed by atoms with Gasteiger partial charge >= 0.3 is 6.09 Å². The van der Waals surface area contributed by atoms with Crippen LogP contribution in [0, 0.1) is 11.3 Å². The molecule has 0 spiro atoms. The first kappa shape index (κ1) is 17.2. The standard InChI is InChI=1S/C19H24N4O2/c1-19(2,3)25-18(24)21-13-9-10-23(12-13)17-15(11-20)14-7-5-6-8-16(14)22(17)4/h5-8,13H,9-10,12H2,1-4H3,(H,21,24)/t13-/m0/s1. The van der Waals surface area contributed by atoms with E-state index in [4.69, 9.17) is 4.74 Å². The van der Waals surface area contributed by atoms with Gasteiger partial charge in [-0.15, -0.1) is 0 Å². The molecule has 1 atom stereocenters. The predicted octanol–water partition coefficient (Wildman–Crippen LogP) is 3.15. The number of para-hydroxylation sites is 1. The summed E-state index contributed by atoms with van der Waals surface area (Å²) >= 11 is 0. The number of anilines is 1. The molecule has 2 heterocycles. The number of nitriles is 1. The Morgan fingerprint density at radius 3 is 2.76 bits per heavy atom. The summed E-state index contributed by atoms with van der Waals surface area (Å²) in [7, 11) is 1.98. The number of hydrogen-bond donors (Lipinski definition) is 1. The third-order valence-corrected chi connectivity index (χ3v) is 4.40. The van der Waals surface area contributed by atoms with Crippen molar-refractivity contribution in [2.75, 3.05) is 18.0 Å². The van der Waals surface area contributed by atoms with Crippen LogP contribution in [-0.4, -0.2) is 35.4 Å². The summed E-state index contributed by atoms with van der Waals surface area (Å²) in [4.78, 5) is 14.1. The Hall–Kier alpha value is -2.68. The smallest absolute Gasteiger partial charge is 0.407 e. The lowest BCUT2D eigenvalue weighted by molar-refractivity contribution is 0.0509. The number of fused-ring (bicyclic) bond motifs is 1. The summed E-state index contributed by atoms with van der Waals surface area (Å²) in [6.45, 7) is 7.00. The number of alkyl carbamates (subject to hydrolysis) is 1. The zero-order chi connectivity index (χ0) is 18.2. The normalized spacial score (nSPS) is 17.6. The molecular formula is C19H24N4O2. The lowest BCUT2D eigenvalue weighted by atomic mass is 10.2. The van der Waals surface area contributed by atoms with Gasteiger partial charge in [0.05, 0.1) is 11.6 Å². The van der Waals surface area contributed by atoms with Gasteiger partial charge in [0.1, 0.15) is 23.1 Å². The minimum absolute atomic E-state index is 0.0133. The van der Waals surface area contributed by atoms with Crippen LogP contribution in [0.25, 0.3) is 10.9 Å². The quantitative estimate of drug-likeness (QED) is 0.912. The fourth-order valence-electron chi connectivity index (χ4n) is 3.40. The highest BCUT2D eigenvalue weighted by atomic mass is 16.6. The molecule has 0 radical (unpaired) electrons. The number of nitrogens with one attached hydrogen (secondary N) is 1. The van der Waals surface area contributed by atoms with E-state index in [1.165, 1.54) is 0 Å². The van der Waals surface area contributed by atoms with Gasteiger partial charge in [-0.1, -0.05) is 18.2 Å². The molecular weight excluding hydrogens is 316 g/mol. The number of aromatic nitrogens is 1. The molecule has 6 heteroatoms. The minimum atomic E-state index is -0.508. The highest BCUT2D eigenvalue weighted by Gasteiger charge is 2.30. The van der Waals surface area contributed by atoms with E-state index in [0.29, 0.717) is 12.1 Å². The summed E-state index contributed by atoms with van der Waals surface area (Å²) in [6, 6.07) is 10.3. The molecule has 2 aromatic rings. The predicted molar refractivity (Wildman–Crippen MR) is 97.6 cm³/mol. The summed E-state index contributed by atoms with van der Waals surface area (Å²) < 4.78 is 7.39. The van der Waals surface area contributed by atoms with Crippen LogP contribution < -0.4 is 10.2 Å². The van der Waals surface area contributed by atoms with Crippen LogP contribution in [0.5, 0.6) is 0 Å². The molecule has 1 aromatic heterocycles. The Balaban J connectivity index is 1.79. The minimum Gasteiger partial charge on any atom is -0.444 e. The second-order valence-corrected chi connectivity index (χ2v) is 7.46. The van der Waals surface area contributed by atoms with Crippen molar-refractivity contribution in [3.05, 3.63) is 29.8 Å². The number of benzene rings is 1. The molecule has 1 aliphatic heterocycles. The van der Waals surface area contributed by atoms with Crippen molar-refractivity contribution in [2.24, 2.45) is 7.05 Å². The molecule has 1 fully saturated rings. The Labute approximate surface area is 148 Å². The van der Waals surface area contributed by atoms with Gasteiger partial charge in [-0.2, -0.15) is 5.26 Å². The monoisotopic (exact) mass is 340 g/mol. The van der Waals surface area contributed by atoms with E-state index in [2.05, 4.69) is 20.9 Å². The van der Waals surface area contributed by atoms with Gasteiger partial charge in [0.2, 0.25) is 0 Å². The van der Waals surface area contributed by atoms with Crippen LogP contribution in [-0.2, 0) is 11.8 Å². The molecule has 132 valence electrons. The number of hydrogen-bond acceptors (Lipinski definition) is 4. The summed E-state index contributed by atoms with van der Waals surface area (Å²) in [6.07, 6.45) is 0.433. The Kier molecular flexibility index (Phi) is 4.34. The highest BCUT2D eigenvalue weighted by molar-refractivity contribution is 5.93. The largest absolute Gasteiger partial charge is 0.444 e. The van der Waals surface area contributed by atoms with E-state index in [1.807, 2.05) is 52.1 Å². The van der Waals surface area contributed by atoms with Crippen molar-refractivity contribution >= 4 is 22.8 Å². The highest BCUT2D eigenvalue weighted by Crippen LogP contribution is 2.33. The number of carbonyl (C=O) groups excluding carboxylic acids is 1. The van der Waals surface area contributed by atoms with Crippen LogP contribution in [0.1, 0.15) is 32.8 Å². The zero-order valence-corrected chi connectivity index (χ0v) is 15.2. The SMILES string of the molecule is Cn1c(N2CC[C@H](NC(=O)OC(C)(C)C)C2)c(C#N)c2ccccc21. The number of rotatable bonds is 2. The van der Waals surface area contributed by atoms with Crippen molar-refractivity contribution in [3.8, 4) is 6.07 Å². The van der Waals surface area contributed by atoms with Crippen LogP contribution >= 0.6 is 0 Å². The lowest BCUT2D eigenvalue weighted by Gasteiger charge is -2.23. The van der Waals surface area contributed by atoms with E-state index in [1.54, 1.807) is 0 Å². The van der Waals surface area contributed by atoms with Crippen molar-refractivity contribution in [2.45, 2.75) is 38.8 Å². The van der Waals surface area contributed by atoms with Gasteiger partial charge in [-0.3, -0.25) is 0 Å². The Morgan fingerprint density at radius 2 is 2.08 bits per heavy atom. The topological polar surface area (TPSA) is 70.3 Å². The van der Waals surface area contributed by atoms with E-state index in [0.717, 1.165) is 29.7 Å². The number of amides is 1. The van der Waals surface area contributed by atoms with E-state index in [-0.39, 0.29) is 6.04 Å². The first-order valence-corrected chi connectivity index (χ1v) is 8.52. The molecule has 1 amide bonds. The van der Waals surface area contributed by atoms with Crippen LogP contribution in [0.3, 0.4) is 0 Å². The van der Waals surface area contributed by atoms with Gasteiger partial charge in [0, 0.05) is 25.5 Å². The van der Waals surface area contributed by atoms with Crippen molar-refractivity contribution in [3.63, 3.8) is 0 Å². The van der Waals surface area contributed by atoms with Crippen LogP contribution in [0.2, 0.25) is 0 Å². The fourth-order valence-corrected chi connectivity index (χ4v) is 3.40. The second kappa shape index (κ2) is 6.32. The van der Waals surface area contributed by atoms with Gasteiger partial charge < -0.3 is 19.5 Å². The van der Waals surface area contributed by atoms with E-state index < -0.39 is 11.7 Å². The third kappa shape index (κ3) is 3.41. The molecule has 0 unspecified atom stereocenters. The van der Waals surface area contributed by atoms with E-state index in [9.17, 15) is 10.1 Å². The second-order valence-electron chi connectivity index (χ2n) is 7.46. The van der Waals surface area contributed by atoms with Gasteiger partial charge in [-0.25, -0.2) is 4.79 Å².